The van der Waals surface area contributed by atoms with E-state index in [-0.39, 0.29) is 11.7 Å². The number of carbonyl (C=O) groups excluding carboxylic acids is 2. The average molecular weight is 196 g/mol. The molecule has 78 valence electrons. The van der Waals surface area contributed by atoms with E-state index in [0.717, 1.165) is 0 Å². The maximum absolute atomic E-state index is 11.8. The first-order valence-corrected chi connectivity index (χ1v) is 4.71. The van der Waals surface area contributed by atoms with Gasteiger partial charge in [0, 0.05) is 12.6 Å². The van der Waals surface area contributed by atoms with Crippen LogP contribution in [0.2, 0.25) is 0 Å². The maximum atomic E-state index is 11.8. The second kappa shape index (κ2) is 3.44. The Bertz CT molecular complexity index is 305. The molecule has 1 aliphatic rings. The predicted molar refractivity (Wildman–Crippen MR) is 53.4 cm³/mol. The molecule has 1 aliphatic heterocycles. The van der Waals surface area contributed by atoms with Crippen LogP contribution in [-0.4, -0.2) is 28.7 Å². The van der Waals surface area contributed by atoms with Gasteiger partial charge in [-0.25, -0.2) is 0 Å². The zero-order chi connectivity index (χ0) is 10.9. The Kier molecular flexibility index (Phi) is 2.64. The van der Waals surface area contributed by atoms with Gasteiger partial charge in [-0.05, 0) is 27.7 Å². The van der Waals surface area contributed by atoms with E-state index in [1.165, 1.54) is 13.0 Å². The fourth-order valence-electron chi connectivity index (χ4n) is 1.51. The normalized spacial score (nSPS) is 22.7. The number of rotatable bonds is 2. The van der Waals surface area contributed by atoms with Crippen molar-refractivity contribution in [1.29, 1.82) is 0 Å². The minimum absolute atomic E-state index is 0.00694. The largest absolute Gasteiger partial charge is 0.358 e. The molecule has 0 saturated carbocycles. The van der Waals surface area contributed by atoms with Crippen molar-refractivity contribution in [3.8, 4) is 0 Å². The van der Waals surface area contributed by atoms with Crippen LogP contribution in [0.15, 0.2) is 11.9 Å². The second-order valence-corrected chi connectivity index (χ2v) is 3.94. The lowest BCUT2D eigenvalue weighted by atomic mass is 10.1. The van der Waals surface area contributed by atoms with E-state index in [2.05, 4.69) is 5.32 Å². The fraction of sp³-hybridized carbons (Fsp3) is 0.600. The van der Waals surface area contributed by atoms with Gasteiger partial charge in [-0.15, -0.1) is 0 Å². The summed E-state index contributed by atoms with van der Waals surface area (Å²) < 4.78 is 0. The summed E-state index contributed by atoms with van der Waals surface area (Å²) >= 11 is 0. The highest BCUT2D eigenvalue weighted by molar-refractivity contribution is 5.93. The van der Waals surface area contributed by atoms with Gasteiger partial charge in [0.2, 0.25) is 0 Å². The Morgan fingerprint density at radius 2 is 2.14 bits per heavy atom. The summed E-state index contributed by atoms with van der Waals surface area (Å²) in [6.07, 6.45) is 1.45. The third kappa shape index (κ3) is 1.78. The van der Waals surface area contributed by atoms with Crippen LogP contribution in [0, 0.1) is 0 Å². The number of nitrogens with one attached hydrogen (secondary N) is 1. The lowest BCUT2D eigenvalue weighted by Gasteiger charge is -2.15. The molecule has 0 aromatic heterocycles. The van der Waals surface area contributed by atoms with Crippen LogP contribution < -0.4 is 5.32 Å². The molecule has 1 fully saturated rings. The first-order chi connectivity index (χ1) is 6.38. The van der Waals surface area contributed by atoms with Crippen LogP contribution >= 0.6 is 0 Å². The predicted octanol–water partition coefficient (Wildman–Crippen LogP) is 0.647. The van der Waals surface area contributed by atoms with Crippen LogP contribution in [-0.2, 0) is 9.59 Å². The first-order valence-electron chi connectivity index (χ1n) is 4.71. The molecule has 0 aromatic carbocycles. The number of allylic oxidation sites excluding steroid dienone is 1. The van der Waals surface area contributed by atoms with E-state index in [1.807, 2.05) is 6.92 Å². The fourth-order valence-corrected chi connectivity index (χ4v) is 1.51. The molecule has 1 N–H and O–H groups in total. The van der Waals surface area contributed by atoms with E-state index in [0.29, 0.717) is 12.4 Å². The molecule has 4 heteroatoms. The number of nitrogens with zero attached hydrogens (tertiary/aromatic N) is 1. The first kappa shape index (κ1) is 10.8. The maximum Gasteiger partial charge on any atom is 0.253 e. The van der Waals surface area contributed by atoms with Gasteiger partial charge in [-0.2, -0.15) is 0 Å². The van der Waals surface area contributed by atoms with Crippen molar-refractivity contribution in [2.75, 3.05) is 6.54 Å². The molecule has 0 bridgehead atoms. The molecule has 0 unspecified atom stereocenters. The Balaban J connectivity index is 3.01. The molecule has 0 aromatic rings. The molecular formula is C10H16N2O2. The van der Waals surface area contributed by atoms with Gasteiger partial charge >= 0.3 is 0 Å². The highest BCUT2D eigenvalue weighted by Gasteiger charge is 2.40. The topological polar surface area (TPSA) is 49.4 Å². The van der Waals surface area contributed by atoms with Crippen molar-refractivity contribution < 1.29 is 9.59 Å². The second-order valence-electron chi connectivity index (χ2n) is 3.94. The molecule has 1 rings (SSSR count). The van der Waals surface area contributed by atoms with Gasteiger partial charge in [0.1, 0.15) is 11.4 Å². The molecule has 1 amide bonds. The van der Waals surface area contributed by atoms with E-state index in [9.17, 15) is 9.59 Å². The lowest BCUT2D eigenvalue weighted by Crippen LogP contribution is -2.40. The summed E-state index contributed by atoms with van der Waals surface area (Å²) in [5, 5.41) is 3.03. The third-order valence-corrected chi connectivity index (χ3v) is 2.17. The van der Waals surface area contributed by atoms with Crippen molar-refractivity contribution in [3.63, 3.8) is 0 Å². The molecule has 4 nitrogen and oxygen atoms in total. The van der Waals surface area contributed by atoms with E-state index < -0.39 is 5.54 Å². The quantitative estimate of drug-likeness (QED) is 0.660. The molecule has 0 atom stereocenters. The Morgan fingerprint density at radius 3 is 2.57 bits per heavy atom. The summed E-state index contributed by atoms with van der Waals surface area (Å²) in [5.41, 5.74) is -0.600. The van der Waals surface area contributed by atoms with Crippen LogP contribution in [0.5, 0.6) is 0 Å². The van der Waals surface area contributed by atoms with Gasteiger partial charge in [0.25, 0.3) is 5.91 Å². The minimum Gasteiger partial charge on any atom is -0.358 e. The van der Waals surface area contributed by atoms with Crippen LogP contribution in [0.25, 0.3) is 0 Å². The van der Waals surface area contributed by atoms with Crippen molar-refractivity contribution in [2.45, 2.75) is 33.2 Å². The van der Waals surface area contributed by atoms with Crippen LogP contribution in [0.1, 0.15) is 27.7 Å². The van der Waals surface area contributed by atoms with Gasteiger partial charge in [0.05, 0.1) is 0 Å². The number of hydrogen-bond acceptors (Lipinski definition) is 3. The van der Waals surface area contributed by atoms with Gasteiger partial charge in [-0.3, -0.25) is 14.5 Å². The molecule has 1 heterocycles. The minimum atomic E-state index is -0.600. The number of carbonyl (C=O) groups is 2. The lowest BCUT2D eigenvalue weighted by molar-refractivity contribution is -0.130. The van der Waals surface area contributed by atoms with Crippen molar-refractivity contribution >= 4 is 11.7 Å². The van der Waals surface area contributed by atoms with Crippen molar-refractivity contribution in [3.05, 3.63) is 11.9 Å². The Morgan fingerprint density at radius 1 is 1.57 bits per heavy atom. The third-order valence-electron chi connectivity index (χ3n) is 2.17. The zero-order valence-electron chi connectivity index (χ0n) is 9.05. The summed E-state index contributed by atoms with van der Waals surface area (Å²) in [6.45, 7) is 7.54. The molecule has 0 aliphatic carbocycles. The summed E-state index contributed by atoms with van der Waals surface area (Å²) in [6, 6.07) is 0. The molecule has 1 saturated heterocycles. The highest BCUT2D eigenvalue weighted by atomic mass is 16.2. The van der Waals surface area contributed by atoms with Crippen molar-refractivity contribution in [1.82, 2.24) is 10.2 Å². The van der Waals surface area contributed by atoms with E-state index in [1.54, 1.807) is 18.7 Å². The average Bonchev–Trinajstić information content (AvgIpc) is 2.22. The summed E-state index contributed by atoms with van der Waals surface area (Å²) in [7, 11) is 0. The highest BCUT2D eigenvalue weighted by Crippen LogP contribution is 2.21. The van der Waals surface area contributed by atoms with Crippen LogP contribution in [0.3, 0.4) is 0 Å². The van der Waals surface area contributed by atoms with Crippen molar-refractivity contribution in [2.24, 2.45) is 0 Å². The number of amides is 1. The van der Waals surface area contributed by atoms with Crippen LogP contribution in [0.4, 0.5) is 0 Å². The molecular weight excluding hydrogens is 180 g/mol. The summed E-state index contributed by atoms with van der Waals surface area (Å²) in [5.74, 6) is 0.555. The summed E-state index contributed by atoms with van der Waals surface area (Å²) in [4.78, 5) is 24.3. The van der Waals surface area contributed by atoms with E-state index >= 15 is 0 Å². The number of ketones is 1. The molecule has 0 spiro atoms. The Labute approximate surface area is 84.0 Å². The van der Waals surface area contributed by atoms with Gasteiger partial charge in [-0.1, -0.05) is 0 Å². The zero-order valence-corrected chi connectivity index (χ0v) is 9.05. The SMILES string of the molecule is CCN1C(=O)C(C)(C)N/C1=C\C(C)=O. The number of likely N-dealkylation sites (N-methyl/N-ethyl adjacent to an activating group) is 1. The molecule has 0 radical (unpaired) electrons. The molecule has 14 heavy (non-hydrogen) atoms. The smallest absolute Gasteiger partial charge is 0.253 e. The Hall–Kier alpha value is -1.32. The number of hydrogen-bond donors (Lipinski definition) is 1. The van der Waals surface area contributed by atoms with Gasteiger partial charge < -0.3 is 5.32 Å². The monoisotopic (exact) mass is 196 g/mol. The standard InChI is InChI=1S/C10H16N2O2/c1-5-12-8(6-7(2)13)11-10(3,4)9(12)14/h6,11H,5H2,1-4H3/b8-6+. The van der Waals surface area contributed by atoms with E-state index in [4.69, 9.17) is 0 Å². The van der Waals surface area contributed by atoms with Gasteiger partial charge in [0.15, 0.2) is 5.78 Å².